The van der Waals surface area contributed by atoms with E-state index in [0.717, 1.165) is 23.6 Å². The minimum absolute atomic E-state index is 0.0958. The third-order valence-electron chi connectivity index (χ3n) is 7.03. The van der Waals surface area contributed by atoms with E-state index in [1.54, 1.807) is 9.58 Å². The smallest absolute Gasteiger partial charge is 0.346 e. The van der Waals surface area contributed by atoms with Gasteiger partial charge in [-0.05, 0) is 30.2 Å². The van der Waals surface area contributed by atoms with Crippen molar-refractivity contribution in [2.75, 3.05) is 19.4 Å². The van der Waals surface area contributed by atoms with E-state index in [4.69, 9.17) is 15.6 Å². The van der Waals surface area contributed by atoms with Crippen LogP contribution in [-0.2, 0) is 13.1 Å². The van der Waals surface area contributed by atoms with Crippen LogP contribution in [0.1, 0.15) is 22.3 Å². The highest BCUT2D eigenvalue weighted by atomic mass is 19.1. The number of halogens is 1. The van der Waals surface area contributed by atoms with E-state index in [-0.39, 0.29) is 29.9 Å². The molecular formula is C27H25FN10O3. The van der Waals surface area contributed by atoms with Crippen molar-refractivity contribution in [3.05, 3.63) is 78.4 Å². The molecule has 6 rings (SSSR count). The summed E-state index contributed by atoms with van der Waals surface area (Å²) in [6, 6.07) is 10.9. The van der Waals surface area contributed by atoms with Crippen LogP contribution in [0.3, 0.4) is 0 Å². The summed E-state index contributed by atoms with van der Waals surface area (Å²) in [5.41, 5.74) is 9.14. The van der Waals surface area contributed by atoms with Crippen LogP contribution in [0.15, 0.2) is 61.4 Å². The van der Waals surface area contributed by atoms with E-state index in [2.05, 4.69) is 25.4 Å². The number of nitrogens with zero attached hydrogens (tertiary/aromatic N) is 8. The Hall–Kier alpha value is -5.40. The Labute approximate surface area is 232 Å². The SMILES string of the molecule is COc1ccc(F)cc1C(=O)NCc1ccc(-c2nn(CC3CCN3C(=O)n3cncn3)c3ncnc(N)c23)cc1. The van der Waals surface area contributed by atoms with Crippen LogP contribution < -0.4 is 15.8 Å². The van der Waals surface area contributed by atoms with Gasteiger partial charge in [0.15, 0.2) is 5.65 Å². The number of aromatic nitrogens is 7. The van der Waals surface area contributed by atoms with Gasteiger partial charge in [0.05, 0.1) is 30.6 Å². The normalized spacial score (nSPS) is 14.6. The zero-order chi connectivity index (χ0) is 28.5. The molecule has 13 nitrogen and oxygen atoms in total. The Bertz CT molecular complexity index is 1740. The number of likely N-dealkylation sites (tertiary alicyclic amines) is 1. The van der Waals surface area contributed by atoms with Crippen LogP contribution in [0.2, 0.25) is 0 Å². The molecule has 1 aliphatic rings. The number of hydrogen-bond donors (Lipinski definition) is 2. The van der Waals surface area contributed by atoms with Gasteiger partial charge in [-0.15, -0.1) is 0 Å². The lowest BCUT2D eigenvalue weighted by Crippen LogP contribution is -2.54. The summed E-state index contributed by atoms with van der Waals surface area (Å²) in [7, 11) is 1.42. The zero-order valence-electron chi connectivity index (χ0n) is 21.9. The molecule has 3 aromatic heterocycles. The van der Waals surface area contributed by atoms with Crippen LogP contribution in [0.4, 0.5) is 15.0 Å². The fourth-order valence-corrected chi connectivity index (χ4v) is 4.80. The Morgan fingerprint density at radius 1 is 1.15 bits per heavy atom. The molecule has 0 spiro atoms. The number of amides is 2. The summed E-state index contributed by atoms with van der Waals surface area (Å²) >= 11 is 0. The molecule has 1 aliphatic heterocycles. The van der Waals surface area contributed by atoms with Gasteiger partial charge in [0.2, 0.25) is 0 Å². The van der Waals surface area contributed by atoms with E-state index < -0.39 is 11.7 Å². The molecule has 1 unspecified atom stereocenters. The molecule has 1 saturated heterocycles. The number of ether oxygens (including phenoxy) is 1. The first-order valence-electron chi connectivity index (χ1n) is 12.8. The molecular weight excluding hydrogens is 531 g/mol. The van der Waals surface area contributed by atoms with Crippen molar-refractivity contribution >= 4 is 28.8 Å². The lowest BCUT2D eigenvalue weighted by Gasteiger charge is -2.40. The van der Waals surface area contributed by atoms with Crippen LogP contribution >= 0.6 is 0 Å². The average molecular weight is 557 g/mol. The van der Waals surface area contributed by atoms with Crippen molar-refractivity contribution < 1.29 is 18.7 Å². The average Bonchev–Trinajstić information content (AvgIpc) is 3.64. The van der Waals surface area contributed by atoms with Crippen molar-refractivity contribution in [1.82, 2.24) is 44.7 Å². The molecule has 4 heterocycles. The molecule has 2 aromatic carbocycles. The van der Waals surface area contributed by atoms with Gasteiger partial charge in [-0.25, -0.2) is 28.8 Å². The molecule has 0 bridgehead atoms. The molecule has 14 heteroatoms. The van der Waals surface area contributed by atoms with E-state index >= 15 is 0 Å². The van der Waals surface area contributed by atoms with Gasteiger partial charge in [-0.2, -0.15) is 14.9 Å². The van der Waals surface area contributed by atoms with Crippen molar-refractivity contribution in [2.45, 2.75) is 25.6 Å². The predicted octanol–water partition coefficient (Wildman–Crippen LogP) is 2.49. The Kier molecular flexibility index (Phi) is 6.71. The van der Waals surface area contributed by atoms with E-state index in [9.17, 15) is 14.0 Å². The first-order valence-corrected chi connectivity index (χ1v) is 12.8. The Balaban J connectivity index is 1.20. The summed E-state index contributed by atoms with van der Waals surface area (Å²) < 4.78 is 21.8. The van der Waals surface area contributed by atoms with Gasteiger partial charge in [0.25, 0.3) is 5.91 Å². The highest BCUT2D eigenvalue weighted by molar-refractivity contribution is 5.98. The second-order valence-corrected chi connectivity index (χ2v) is 9.47. The Morgan fingerprint density at radius 3 is 2.68 bits per heavy atom. The van der Waals surface area contributed by atoms with Crippen molar-refractivity contribution in [3.8, 4) is 17.0 Å². The molecule has 1 fully saturated rings. The van der Waals surface area contributed by atoms with Gasteiger partial charge in [0.1, 0.15) is 42.1 Å². The first kappa shape index (κ1) is 25.9. The topological polar surface area (TPSA) is 159 Å². The summed E-state index contributed by atoms with van der Waals surface area (Å²) in [5, 5.41) is 12.1. The molecule has 0 aliphatic carbocycles. The molecule has 3 N–H and O–H groups in total. The van der Waals surface area contributed by atoms with Gasteiger partial charge < -0.3 is 20.7 Å². The summed E-state index contributed by atoms with van der Waals surface area (Å²) in [6.45, 7) is 1.24. The number of rotatable bonds is 7. The number of hydrogen-bond acceptors (Lipinski definition) is 9. The molecule has 2 amide bonds. The molecule has 5 aromatic rings. The molecule has 0 saturated carbocycles. The largest absolute Gasteiger partial charge is 0.496 e. The van der Waals surface area contributed by atoms with Crippen LogP contribution in [-0.4, -0.2) is 71.0 Å². The minimum atomic E-state index is -0.526. The Morgan fingerprint density at radius 2 is 1.98 bits per heavy atom. The van der Waals surface area contributed by atoms with E-state index in [1.807, 2.05) is 24.3 Å². The van der Waals surface area contributed by atoms with Crippen LogP contribution in [0.5, 0.6) is 5.75 Å². The fourth-order valence-electron chi connectivity index (χ4n) is 4.80. The van der Waals surface area contributed by atoms with Crippen LogP contribution in [0, 0.1) is 5.82 Å². The number of nitrogen functional groups attached to an aromatic ring is 1. The number of carbonyl (C=O) groups is 2. The molecule has 208 valence electrons. The molecule has 41 heavy (non-hydrogen) atoms. The molecule has 1 atom stereocenters. The number of methoxy groups -OCH3 is 1. The lowest BCUT2D eigenvalue weighted by atomic mass is 10.0. The number of anilines is 1. The maximum absolute atomic E-state index is 13.7. The highest BCUT2D eigenvalue weighted by Crippen LogP contribution is 2.31. The predicted molar refractivity (Wildman–Crippen MR) is 145 cm³/mol. The fraction of sp³-hybridized carbons (Fsp3) is 0.222. The number of carbonyl (C=O) groups excluding carboxylic acids is 2. The van der Waals surface area contributed by atoms with Crippen molar-refractivity contribution in [3.63, 3.8) is 0 Å². The van der Waals surface area contributed by atoms with Gasteiger partial charge in [0, 0.05) is 18.7 Å². The second-order valence-electron chi connectivity index (χ2n) is 9.47. The second kappa shape index (κ2) is 10.6. The third kappa shape index (κ3) is 4.90. The maximum atomic E-state index is 13.7. The van der Waals surface area contributed by atoms with Crippen molar-refractivity contribution in [2.24, 2.45) is 0 Å². The highest BCUT2D eigenvalue weighted by Gasteiger charge is 2.34. The lowest BCUT2D eigenvalue weighted by molar-refractivity contribution is 0.0947. The van der Waals surface area contributed by atoms with Crippen LogP contribution in [0.25, 0.3) is 22.3 Å². The van der Waals surface area contributed by atoms with Crippen molar-refractivity contribution in [1.29, 1.82) is 0 Å². The van der Waals surface area contributed by atoms with E-state index in [1.165, 1.54) is 42.9 Å². The molecule has 0 radical (unpaired) electrons. The summed E-state index contributed by atoms with van der Waals surface area (Å²) in [6.07, 6.45) is 4.89. The summed E-state index contributed by atoms with van der Waals surface area (Å²) in [4.78, 5) is 39.5. The zero-order valence-corrected chi connectivity index (χ0v) is 21.9. The monoisotopic (exact) mass is 556 g/mol. The maximum Gasteiger partial charge on any atom is 0.346 e. The number of benzene rings is 2. The minimum Gasteiger partial charge on any atom is -0.496 e. The first-order chi connectivity index (χ1) is 19.9. The van der Waals surface area contributed by atoms with Gasteiger partial charge >= 0.3 is 6.03 Å². The van der Waals surface area contributed by atoms with Gasteiger partial charge in [-0.3, -0.25) is 4.79 Å². The number of nitrogens with one attached hydrogen (secondary N) is 1. The quantitative estimate of drug-likeness (QED) is 0.307. The standard InChI is InChI=1S/C27H25FN10O3/c1-41-21-7-6-18(28)10-20(21)26(39)31-11-16-2-4-17(5-3-16)23-22-24(29)32-14-33-25(22)37(35-23)12-19-8-9-36(19)27(40)38-15-30-13-34-38/h2-7,10,13-15,19H,8-9,11-12H2,1H3,(H,31,39)(H2,29,32,33). The number of nitrogens with two attached hydrogens (primary N) is 1. The van der Waals surface area contributed by atoms with Gasteiger partial charge in [-0.1, -0.05) is 24.3 Å². The summed E-state index contributed by atoms with van der Waals surface area (Å²) in [5.74, 6) is -0.399. The van der Waals surface area contributed by atoms with E-state index in [0.29, 0.717) is 35.6 Å². The third-order valence-corrected chi connectivity index (χ3v) is 7.03. The number of fused-ring (bicyclic) bond motifs is 1.